The first-order chi connectivity index (χ1) is 13.0. The lowest BCUT2D eigenvalue weighted by Gasteiger charge is -2.25. The van der Waals surface area contributed by atoms with Gasteiger partial charge < -0.3 is 4.74 Å². The van der Waals surface area contributed by atoms with Crippen molar-refractivity contribution >= 4 is 10.0 Å². The van der Waals surface area contributed by atoms with E-state index in [0.717, 1.165) is 36.8 Å². The molecule has 144 valence electrons. The maximum Gasteiger partial charge on any atom is 0.243 e. The van der Waals surface area contributed by atoms with Gasteiger partial charge in [0.05, 0.1) is 11.5 Å². The second-order valence-corrected chi connectivity index (χ2v) is 9.38. The minimum atomic E-state index is -3.72. The average molecular weight is 389 g/mol. The molecule has 0 bridgehead atoms. The SMILES string of the molecule is O=S(=O)(c1cccc(F)c1)N(Cc1ccc(OCC2CCC2)cc1)C1CC1. The summed E-state index contributed by atoms with van der Waals surface area (Å²) in [6.07, 6.45) is 5.47. The Bertz CT molecular complexity index is 890. The monoisotopic (exact) mass is 389 g/mol. The van der Waals surface area contributed by atoms with E-state index in [4.69, 9.17) is 4.74 Å². The first-order valence-corrected chi connectivity index (χ1v) is 11.0. The van der Waals surface area contributed by atoms with Gasteiger partial charge in [-0.2, -0.15) is 4.31 Å². The number of nitrogens with zero attached hydrogens (tertiary/aromatic N) is 1. The van der Waals surface area contributed by atoms with Crippen LogP contribution in [0.3, 0.4) is 0 Å². The van der Waals surface area contributed by atoms with E-state index in [9.17, 15) is 12.8 Å². The number of hydrogen-bond donors (Lipinski definition) is 0. The Hall–Kier alpha value is -1.92. The normalized spacial score (nSPS) is 17.7. The molecule has 0 unspecified atom stereocenters. The molecular weight excluding hydrogens is 365 g/mol. The van der Waals surface area contributed by atoms with Gasteiger partial charge in [0.2, 0.25) is 10.0 Å². The van der Waals surface area contributed by atoms with Gasteiger partial charge in [-0.1, -0.05) is 24.6 Å². The summed E-state index contributed by atoms with van der Waals surface area (Å²) in [6.45, 7) is 1.04. The number of hydrogen-bond acceptors (Lipinski definition) is 3. The summed E-state index contributed by atoms with van der Waals surface area (Å²) in [4.78, 5) is 0.00912. The molecule has 2 aliphatic rings. The van der Waals surface area contributed by atoms with E-state index >= 15 is 0 Å². The standard InChI is InChI=1S/C21H24FNO3S/c22-18-5-2-6-21(13-18)27(24,25)23(19-9-10-19)14-16-7-11-20(12-8-16)26-15-17-3-1-4-17/h2,5-8,11-13,17,19H,1,3-4,9-10,14-15H2. The van der Waals surface area contributed by atoms with E-state index < -0.39 is 15.8 Å². The van der Waals surface area contributed by atoms with Crippen LogP contribution < -0.4 is 4.74 Å². The molecule has 2 fully saturated rings. The molecule has 0 spiro atoms. The maximum atomic E-state index is 13.5. The predicted octanol–water partition coefficient (Wildman–Crippen LogP) is 4.36. The Balaban J connectivity index is 1.46. The van der Waals surface area contributed by atoms with Crippen LogP contribution in [-0.2, 0) is 16.6 Å². The summed E-state index contributed by atoms with van der Waals surface area (Å²) in [5.41, 5.74) is 0.901. The fraction of sp³-hybridized carbons (Fsp3) is 0.429. The maximum absolute atomic E-state index is 13.5. The van der Waals surface area contributed by atoms with Crippen molar-refractivity contribution in [1.82, 2.24) is 4.31 Å². The summed E-state index contributed by atoms with van der Waals surface area (Å²) in [6, 6.07) is 12.8. The van der Waals surface area contributed by atoms with E-state index in [2.05, 4.69) is 0 Å². The van der Waals surface area contributed by atoms with Gasteiger partial charge in [0, 0.05) is 12.6 Å². The number of ether oxygens (including phenoxy) is 1. The highest BCUT2D eigenvalue weighted by molar-refractivity contribution is 7.89. The molecule has 4 rings (SSSR count). The minimum absolute atomic E-state index is 0.00666. The fourth-order valence-electron chi connectivity index (χ4n) is 3.28. The quantitative estimate of drug-likeness (QED) is 0.674. The fourth-order valence-corrected chi connectivity index (χ4v) is 4.99. The lowest BCUT2D eigenvalue weighted by atomic mass is 9.86. The Kier molecular flexibility index (Phi) is 5.19. The first kappa shape index (κ1) is 18.4. The summed E-state index contributed by atoms with van der Waals surface area (Å²) in [7, 11) is -3.72. The molecule has 2 saturated carbocycles. The molecule has 0 N–H and O–H groups in total. The molecule has 27 heavy (non-hydrogen) atoms. The molecule has 2 aromatic carbocycles. The van der Waals surface area contributed by atoms with Gasteiger partial charge in [-0.15, -0.1) is 0 Å². The van der Waals surface area contributed by atoms with Crippen LogP contribution in [0.4, 0.5) is 4.39 Å². The highest BCUT2D eigenvalue weighted by Crippen LogP contribution is 2.34. The topological polar surface area (TPSA) is 46.6 Å². The molecule has 0 aliphatic heterocycles. The zero-order valence-electron chi connectivity index (χ0n) is 15.2. The van der Waals surface area contributed by atoms with Gasteiger partial charge in [-0.3, -0.25) is 0 Å². The van der Waals surface area contributed by atoms with Crippen LogP contribution in [0.2, 0.25) is 0 Å². The molecule has 0 radical (unpaired) electrons. The van der Waals surface area contributed by atoms with Gasteiger partial charge in [0.25, 0.3) is 0 Å². The van der Waals surface area contributed by atoms with Crippen LogP contribution in [0, 0.1) is 11.7 Å². The van der Waals surface area contributed by atoms with Crippen molar-refractivity contribution < 1.29 is 17.5 Å². The van der Waals surface area contributed by atoms with Crippen molar-refractivity contribution in [3.63, 3.8) is 0 Å². The van der Waals surface area contributed by atoms with Crippen LogP contribution in [0.5, 0.6) is 5.75 Å². The molecule has 0 atom stereocenters. The van der Waals surface area contributed by atoms with Crippen LogP contribution in [0.15, 0.2) is 53.4 Å². The summed E-state index contributed by atoms with van der Waals surface area (Å²) in [5, 5.41) is 0. The molecule has 0 heterocycles. The van der Waals surface area contributed by atoms with Crippen LogP contribution in [-0.4, -0.2) is 25.4 Å². The lowest BCUT2D eigenvalue weighted by molar-refractivity contribution is 0.180. The van der Waals surface area contributed by atoms with Crippen molar-refractivity contribution in [2.24, 2.45) is 5.92 Å². The van der Waals surface area contributed by atoms with E-state index in [0.29, 0.717) is 5.92 Å². The van der Waals surface area contributed by atoms with E-state index in [1.54, 1.807) is 0 Å². The minimum Gasteiger partial charge on any atom is -0.493 e. The third-order valence-corrected chi connectivity index (χ3v) is 7.22. The number of halogens is 1. The highest BCUT2D eigenvalue weighted by atomic mass is 32.2. The zero-order valence-corrected chi connectivity index (χ0v) is 16.0. The van der Waals surface area contributed by atoms with Crippen molar-refractivity contribution in [2.45, 2.75) is 49.6 Å². The molecule has 0 saturated heterocycles. The highest BCUT2D eigenvalue weighted by Gasteiger charge is 2.38. The Morgan fingerprint density at radius 1 is 1.04 bits per heavy atom. The van der Waals surface area contributed by atoms with Gasteiger partial charge >= 0.3 is 0 Å². The Labute approximate surface area is 160 Å². The van der Waals surface area contributed by atoms with Crippen LogP contribution >= 0.6 is 0 Å². The lowest BCUT2D eigenvalue weighted by Crippen LogP contribution is -2.32. The first-order valence-electron chi connectivity index (χ1n) is 9.51. The van der Waals surface area contributed by atoms with Crippen LogP contribution in [0.1, 0.15) is 37.7 Å². The Morgan fingerprint density at radius 3 is 2.37 bits per heavy atom. The molecule has 0 amide bonds. The molecule has 2 aromatic rings. The third-order valence-electron chi connectivity index (χ3n) is 5.33. The van der Waals surface area contributed by atoms with E-state index in [1.165, 1.54) is 41.8 Å². The van der Waals surface area contributed by atoms with Crippen molar-refractivity contribution in [3.8, 4) is 5.75 Å². The largest absolute Gasteiger partial charge is 0.493 e. The van der Waals surface area contributed by atoms with Gasteiger partial charge in [0.15, 0.2) is 0 Å². The summed E-state index contributed by atoms with van der Waals surface area (Å²) < 4.78 is 46.8. The summed E-state index contributed by atoms with van der Waals surface area (Å²) in [5.74, 6) is 0.947. The van der Waals surface area contributed by atoms with Gasteiger partial charge in [-0.05, 0) is 67.5 Å². The number of benzene rings is 2. The third kappa shape index (κ3) is 4.33. The molecular formula is C21H24FNO3S. The second kappa shape index (κ2) is 7.60. The Morgan fingerprint density at radius 2 is 1.78 bits per heavy atom. The molecule has 6 heteroatoms. The van der Waals surface area contributed by atoms with Gasteiger partial charge in [-0.25, -0.2) is 12.8 Å². The predicted molar refractivity (Wildman–Crippen MR) is 101 cm³/mol. The average Bonchev–Trinajstić information content (AvgIpc) is 3.44. The number of rotatable bonds is 8. The number of sulfonamides is 1. The zero-order chi connectivity index (χ0) is 18.9. The second-order valence-electron chi connectivity index (χ2n) is 7.49. The molecule has 4 nitrogen and oxygen atoms in total. The van der Waals surface area contributed by atoms with E-state index in [-0.39, 0.29) is 17.5 Å². The van der Waals surface area contributed by atoms with Gasteiger partial charge in [0.1, 0.15) is 11.6 Å². The van der Waals surface area contributed by atoms with Crippen molar-refractivity contribution in [2.75, 3.05) is 6.61 Å². The van der Waals surface area contributed by atoms with Crippen molar-refractivity contribution in [3.05, 3.63) is 59.9 Å². The molecule has 0 aromatic heterocycles. The van der Waals surface area contributed by atoms with Crippen LogP contribution in [0.25, 0.3) is 0 Å². The molecule has 2 aliphatic carbocycles. The smallest absolute Gasteiger partial charge is 0.243 e. The van der Waals surface area contributed by atoms with E-state index in [1.807, 2.05) is 24.3 Å². The summed E-state index contributed by atoms with van der Waals surface area (Å²) >= 11 is 0. The van der Waals surface area contributed by atoms with Crippen molar-refractivity contribution in [1.29, 1.82) is 0 Å².